The molecule has 1 unspecified atom stereocenters. The minimum atomic E-state index is 0.0521. The van der Waals surface area contributed by atoms with Crippen LogP contribution in [0.1, 0.15) is 10.8 Å². The van der Waals surface area contributed by atoms with Crippen LogP contribution in [0.3, 0.4) is 0 Å². The van der Waals surface area contributed by atoms with E-state index in [0.717, 1.165) is 21.4 Å². The summed E-state index contributed by atoms with van der Waals surface area (Å²) in [5.41, 5.74) is 7.74. The monoisotopic (exact) mass is 304 g/mol. The van der Waals surface area contributed by atoms with Gasteiger partial charge < -0.3 is 5.73 Å². The van der Waals surface area contributed by atoms with E-state index in [2.05, 4.69) is 10.2 Å². The minimum absolute atomic E-state index is 0.0521. The summed E-state index contributed by atoms with van der Waals surface area (Å²) in [6.45, 7) is 0.482. The molecule has 102 valence electrons. The number of pyridine rings is 1. The van der Waals surface area contributed by atoms with Crippen LogP contribution in [-0.2, 0) is 0 Å². The molecule has 0 saturated carbocycles. The van der Waals surface area contributed by atoms with Gasteiger partial charge in [-0.2, -0.15) is 0 Å². The first kappa shape index (κ1) is 13.4. The van der Waals surface area contributed by atoms with Crippen LogP contribution >= 0.6 is 23.4 Å². The Balaban J connectivity index is 1.94. The maximum atomic E-state index is 6.24. The fraction of sp³-hybridized carbons (Fsp3) is 0.143. The van der Waals surface area contributed by atoms with E-state index in [9.17, 15) is 0 Å². The van der Waals surface area contributed by atoms with Gasteiger partial charge in [0.2, 0.25) is 0 Å². The molecular weight excluding hydrogens is 292 g/mol. The molecule has 0 aliphatic rings. The molecule has 0 fully saturated rings. The van der Waals surface area contributed by atoms with Crippen molar-refractivity contribution in [2.75, 3.05) is 6.54 Å². The Hall–Kier alpha value is -1.56. The molecule has 0 aliphatic heterocycles. The molecule has 1 aromatic carbocycles. The van der Waals surface area contributed by atoms with Crippen molar-refractivity contribution in [3.63, 3.8) is 0 Å². The zero-order chi connectivity index (χ0) is 13.9. The number of hydrogen-bond donors (Lipinski definition) is 1. The summed E-state index contributed by atoms with van der Waals surface area (Å²) in [6, 6.07) is 13.6. The molecule has 2 heterocycles. The van der Waals surface area contributed by atoms with E-state index in [1.165, 1.54) is 0 Å². The zero-order valence-electron chi connectivity index (χ0n) is 10.6. The van der Waals surface area contributed by atoms with Gasteiger partial charge in [-0.05, 0) is 23.8 Å². The molecule has 2 aromatic heterocycles. The van der Waals surface area contributed by atoms with Crippen molar-refractivity contribution in [1.29, 1.82) is 0 Å². The lowest BCUT2D eigenvalue weighted by Gasteiger charge is -2.14. The second kappa shape index (κ2) is 5.83. The zero-order valence-corrected chi connectivity index (χ0v) is 12.2. The van der Waals surface area contributed by atoms with Crippen molar-refractivity contribution in [1.82, 2.24) is 14.6 Å². The quantitative estimate of drug-likeness (QED) is 0.752. The van der Waals surface area contributed by atoms with E-state index in [1.54, 1.807) is 11.8 Å². The summed E-state index contributed by atoms with van der Waals surface area (Å²) < 4.78 is 1.95. The minimum Gasteiger partial charge on any atom is -0.329 e. The number of nitrogens with two attached hydrogens (primary N) is 1. The third-order valence-electron chi connectivity index (χ3n) is 3.00. The van der Waals surface area contributed by atoms with Gasteiger partial charge in [-0.1, -0.05) is 47.6 Å². The number of benzene rings is 1. The van der Waals surface area contributed by atoms with Crippen LogP contribution in [0.4, 0.5) is 0 Å². The molecule has 2 N–H and O–H groups in total. The molecule has 0 bridgehead atoms. The summed E-state index contributed by atoms with van der Waals surface area (Å²) in [6.07, 6.45) is 1.94. The lowest BCUT2D eigenvalue weighted by molar-refractivity contribution is 0.888. The third kappa shape index (κ3) is 2.52. The SMILES string of the molecule is NCC(Sc1nnc2ccccn12)c1ccccc1Cl. The first-order valence-electron chi connectivity index (χ1n) is 6.20. The molecular formula is C14H13ClN4S. The van der Waals surface area contributed by atoms with E-state index >= 15 is 0 Å². The third-order valence-corrected chi connectivity index (χ3v) is 4.56. The summed E-state index contributed by atoms with van der Waals surface area (Å²) in [5.74, 6) is 0. The summed E-state index contributed by atoms with van der Waals surface area (Å²) in [5, 5.41) is 9.95. The highest BCUT2D eigenvalue weighted by Crippen LogP contribution is 2.36. The maximum Gasteiger partial charge on any atom is 0.196 e. The topological polar surface area (TPSA) is 56.2 Å². The van der Waals surface area contributed by atoms with E-state index < -0.39 is 0 Å². The van der Waals surface area contributed by atoms with Gasteiger partial charge in [-0.3, -0.25) is 4.40 Å². The average Bonchev–Trinajstić information content (AvgIpc) is 2.89. The largest absolute Gasteiger partial charge is 0.329 e. The molecule has 3 rings (SSSR count). The van der Waals surface area contributed by atoms with Crippen molar-refractivity contribution < 1.29 is 0 Å². The van der Waals surface area contributed by atoms with Crippen LogP contribution in [0, 0.1) is 0 Å². The van der Waals surface area contributed by atoms with Gasteiger partial charge in [0.15, 0.2) is 10.8 Å². The highest BCUT2D eigenvalue weighted by molar-refractivity contribution is 7.99. The van der Waals surface area contributed by atoms with Gasteiger partial charge in [-0.15, -0.1) is 10.2 Å². The summed E-state index contributed by atoms with van der Waals surface area (Å²) in [4.78, 5) is 0. The Bertz CT molecular complexity index is 728. The molecule has 4 nitrogen and oxygen atoms in total. The number of thioether (sulfide) groups is 1. The maximum absolute atomic E-state index is 6.24. The van der Waals surface area contributed by atoms with E-state index in [4.69, 9.17) is 17.3 Å². The van der Waals surface area contributed by atoms with Gasteiger partial charge in [0, 0.05) is 17.8 Å². The molecule has 3 aromatic rings. The van der Waals surface area contributed by atoms with Crippen molar-refractivity contribution in [3.05, 3.63) is 59.2 Å². The fourth-order valence-corrected chi connectivity index (χ4v) is 3.37. The van der Waals surface area contributed by atoms with Crippen molar-refractivity contribution in [2.24, 2.45) is 5.73 Å². The van der Waals surface area contributed by atoms with Gasteiger partial charge in [0.25, 0.3) is 0 Å². The number of hydrogen-bond acceptors (Lipinski definition) is 4. The summed E-state index contributed by atoms with van der Waals surface area (Å²) in [7, 11) is 0. The number of nitrogens with zero attached hydrogens (tertiary/aromatic N) is 3. The number of fused-ring (bicyclic) bond motifs is 1. The molecule has 6 heteroatoms. The van der Waals surface area contributed by atoms with Crippen LogP contribution in [-0.4, -0.2) is 21.1 Å². The second-order valence-corrected chi connectivity index (χ2v) is 5.85. The van der Waals surface area contributed by atoms with Crippen LogP contribution in [0.5, 0.6) is 0 Å². The van der Waals surface area contributed by atoms with Crippen LogP contribution < -0.4 is 5.73 Å². The Morgan fingerprint density at radius 1 is 1.15 bits per heavy atom. The fourth-order valence-electron chi connectivity index (χ4n) is 2.00. The highest BCUT2D eigenvalue weighted by Gasteiger charge is 2.17. The molecule has 0 amide bonds. The molecule has 20 heavy (non-hydrogen) atoms. The Morgan fingerprint density at radius 2 is 1.95 bits per heavy atom. The van der Waals surface area contributed by atoms with Crippen LogP contribution in [0.25, 0.3) is 5.65 Å². The Kier molecular flexibility index (Phi) is 3.91. The normalized spacial score (nSPS) is 12.7. The van der Waals surface area contributed by atoms with Gasteiger partial charge in [0.05, 0.1) is 5.25 Å². The molecule has 0 radical (unpaired) electrons. The lowest BCUT2D eigenvalue weighted by atomic mass is 10.1. The molecule has 0 spiro atoms. The van der Waals surface area contributed by atoms with Crippen molar-refractivity contribution >= 4 is 29.0 Å². The number of aromatic nitrogens is 3. The van der Waals surface area contributed by atoms with Gasteiger partial charge in [0.1, 0.15) is 0 Å². The Morgan fingerprint density at radius 3 is 2.75 bits per heavy atom. The summed E-state index contributed by atoms with van der Waals surface area (Å²) >= 11 is 7.82. The predicted molar refractivity (Wildman–Crippen MR) is 82.1 cm³/mol. The number of halogens is 1. The lowest BCUT2D eigenvalue weighted by Crippen LogP contribution is -2.10. The van der Waals surface area contributed by atoms with Gasteiger partial charge >= 0.3 is 0 Å². The average molecular weight is 305 g/mol. The highest BCUT2D eigenvalue weighted by atomic mass is 35.5. The number of rotatable bonds is 4. The smallest absolute Gasteiger partial charge is 0.196 e. The van der Waals surface area contributed by atoms with Crippen LogP contribution in [0.15, 0.2) is 53.8 Å². The molecule has 0 saturated heterocycles. The van der Waals surface area contributed by atoms with Crippen molar-refractivity contribution in [2.45, 2.75) is 10.4 Å². The predicted octanol–water partition coefficient (Wildman–Crippen LogP) is 3.17. The van der Waals surface area contributed by atoms with E-state index in [0.29, 0.717) is 6.54 Å². The van der Waals surface area contributed by atoms with Crippen molar-refractivity contribution in [3.8, 4) is 0 Å². The van der Waals surface area contributed by atoms with Gasteiger partial charge in [-0.25, -0.2) is 0 Å². The molecule has 1 atom stereocenters. The standard InChI is InChI=1S/C14H13ClN4S/c15-11-6-2-1-5-10(11)12(9-16)20-14-18-17-13-7-3-4-8-19(13)14/h1-8,12H,9,16H2. The van der Waals surface area contributed by atoms with E-state index in [1.807, 2.05) is 53.1 Å². The van der Waals surface area contributed by atoms with E-state index in [-0.39, 0.29) is 5.25 Å². The molecule has 0 aliphatic carbocycles. The first-order valence-corrected chi connectivity index (χ1v) is 7.46. The first-order chi connectivity index (χ1) is 9.79. The van der Waals surface area contributed by atoms with Crippen LogP contribution in [0.2, 0.25) is 5.02 Å². The second-order valence-electron chi connectivity index (χ2n) is 4.28. The Labute approximate surface area is 126 Å².